The standard InChI is InChI=1S/C18H23N3O3.C7H8O3S/c1-11-6-14(22)8-16(24-2)17(11)12-7-15(20-10-12)18(23)21-5-3-4-13(21)9-19;1-6-2-4-7(5-3-6)11(8,9)10/h6,8,12-13,15,20,22H,3-5,7,10H2,1-2H3;2-5H,1H3,(H,8,9,10)/t12-,13-,15-;/m0./s1. The van der Waals surface area contributed by atoms with Crippen LogP contribution in [-0.4, -0.2) is 61.2 Å². The minimum absolute atomic E-state index is 0.0250. The first-order valence-corrected chi connectivity index (χ1v) is 12.8. The van der Waals surface area contributed by atoms with Gasteiger partial charge in [-0.25, -0.2) is 0 Å². The summed E-state index contributed by atoms with van der Waals surface area (Å²) in [6.07, 6.45) is 2.34. The van der Waals surface area contributed by atoms with Gasteiger partial charge in [0.2, 0.25) is 5.91 Å². The molecule has 2 aliphatic heterocycles. The lowest BCUT2D eigenvalue weighted by Gasteiger charge is -2.23. The second-order valence-electron chi connectivity index (χ2n) is 8.88. The highest BCUT2D eigenvalue weighted by atomic mass is 32.2. The van der Waals surface area contributed by atoms with E-state index in [1.54, 1.807) is 36.3 Å². The van der Waals surface area contributed by atoms with Gasteiger partial charge in [-0.15, -0.1) is 0 Å². The number of carbonyl (C=O) groups is 1. The van der Waals surface area contributed by atoms with Crippen LogP contribution >= 0.6 is 0 Å². The van der Waals surface area contributed by atoms with Crippen molar-refractivity contribution in [2.75, 3.05) is 20.2 Å². The molecule has 10 heteroatoms. The SMILES string of the molecule is COc1cc(O)cc(C)c1[C@@H]1CN[C@H](C(=O)N2CCC[C@H]2C#N)C1.Cc1ccc(S(=O)(=O)O)cc1. The summed E-state index contributed by atoms with van der Waals surface area (Å²) in [6.45, 7) is 5.14. The number of methoxy groups -OCH3 is 1. The third-order valence-electron chi connectivity index (χ3n) is 6.39. The second kappa shape index (κ2) is 11.1. The molecule has 3 N–H and O–H groups in total. The van der Waals surface area contributed by atoms with E-state index in [0.29, 0.717) is 25.3 Å². The highest BCUT2D eigenvalue weighted by Crippen LogP contribution is 2.38. The Morgan fingerprint density at radius 1 is 1.23 bits per heavy atom. The first-order valence-electron chi connectivity index (χ1n) is 11.4. The van der Waals surface area contributed by atoms with Crippen molar-refractivity contribution in [1.29, 1.82) is 5.26 Å². The van der Waals surface area contributed by atoms with E-state index in [4.69, 9.17) is 9.29 Å². The number of nitriles is 1. The van der Waals surface area contributed by atoms with E-state index in [1.807, 2.05) is 13.8 Å². The summed E-state index contributed by atoms with van der Waals surface area (Å²) in [7, 11) is -2.43. The zero-order valence-corrected chi connectivity index (χ0v) is 20.9. The van der Waals surface area contributed by atoms with Crippen LogP contribution in [0.25, 0.3) is 0 Å². The van der Waals surface area contributed by atoms with E-state index >= 15 is 0 Å². The Labute approximate surface area is 206 Å². The van der Waals surface area contributed by atoms with Gasteiger partial charge in [0.1, 0.15) is 17.5 Å². The van der Waals surface area contributed by atoms with Gasteiger partial charge in [0.05, 0.1) is 24.1 Å². The first kappa shape index (κ1) is 26.5. The number of rotatable bonds is 4. The molecule has 2 fully saturated rings. The Morgan fingerprint density at radius 3 is 2.51 bits per heavy atom. The maximum Gasteiger partial charge on any atom is 0.294 e. The summed E-state index contributed by atoms with van der Waals surface area (Å²) >= 11 is 0. The molecule has 0 spiro atoms. The second-order valence-corrected chi connectivity index (χ2v) is 10.3. The highest BCUT2D eigenvalue weighted by Gasteiger charge is 2.38. The average molecular weight is 502 g/mol. The van der Waals surface area contributed by atoms with Gasteiger partial charge >= 0.3 is 0 Å². The van der Waals surface area contributed by atoms with Gasteiger partial charge in [-0.05, 0) is 56.9 Å². The smallest absolute Gasteiger partial charge is 0.294 e. The molecule has 9 nitrogen and oxygen atoms in total. The molecule has 4 rings (SSSR count). The van der Waals surface area contributed by atoms with E-state index in [2.05, 4.69) is 11.4 Å². The van der Waals surface area contributed by atoms with Crippen molar-refractivity contribution in [2.24, 2.45) is 0 Å². The van der Waals surface area contributed by atoms with Gasteiger partial charge in [0.25, 0.3) is 10.1 Å². The molecule has 2 aromatic rings. The number of carbonyl (C=O) groups excluding carboxylic acids is 1. The van der Waals surface area contributed by atoms with Gasteiger partial charge in [-0.3, -0.25) is 9.35 Å². The number of benzene rings is 2. The van der Waals surface area contributed by atoms with Crippen molar-refractivity contribution in [3.63, 3.8) is 0 Å². The molecule has 2 aliphatic rings. The summed E-state index contributed by atoms with van der Waals surface area (Å²) < 4.78 is 35.0. The van der Waals surface area contributed by atoms with Gasteiger partial charge < -0.3 is 20.1 Å². The molecule has 1 amide bonds. The number of amides is 1. The number of phenols is 1. The van der Waals surface area contributed by atoms with Gasteiger partial charge in [-0.2, -0.15) is 13.7 Å². The lowest BCUT2D eigenvalue weighted by atomic mass is 9.91. The molecule has 35 heavy (non-hydrogen) atoms. The van der Waals surface area contributed by atoms with Crippen LogP contribution in [-0.2, 0) is 14.9 Å². The van der Waals surface area contributed by atoms with Crippen LogP contribution in [0.15, 0.2) is 41.3 Å². The molecule has 0 radical (unpaired) electrons. The summed E-state index contributed by atoms with van der Waals surface area (Å²) in [6, 6.07) is 11.0. The minimum atomic E-state index is -4.02. The fourth-order valence-electron chi connectivity index (χ4n) is 4.66. The molecule has 3 atom stereocenters. The molecule has 0 aliphatic carbocycles. The number of aromatic hydroxyl groups is 1. The zero-order chi connectivity index (χ0) is 25.8. The van der Waals surface area contributed by atoms with Crippen molar-refractivity contribution in [3.8, 4) is 17.6 Å². The lowest BCUT2D eigenvalue weighted by molar-refractivity contribution is -0.133. The molecule has 188 valence electrons. The average Bonchev–Trinajstić information content (AvgIpc) is 3.48. The van der Waals surface area contributed by atoms with Gasteiger partial charge in [0.15, 0.2) is 0 Å². The van der Waals surface area contributed by atoms with E-state index in [0.717, 1.165) is 29.5 Å². The molecular formula is C25H31N3O6S. The predicted molar refractivity (Wildman–Crippen MR) is 130 cm³/mol. The predicted octanol–water partition coefficient (Wildman–Crippen LogP) is 2.91. The molecule has 0 unspecified atom stereocenters. The Bertz CT molecular complexity index is 1210. The number of phenolic OH excluding ortho intramolecular Hbond substituents is 1. The topological polar surface area (TPSA) is 140 Å². The van der Waals surface area contributed by atoms with Crippen LogP contribution in [0.5, 0.6) is 11.5 Å². The van der Waals surface area contributed by atoms with Crippen molar-refractivity contribution < 1.29 is 27.6 Å². The lowest BCUT2D eigenvalue weighted by Crippen LogP contribution is -2.45. The molecule has 2 aromatic carbocycles. The quantitative estimate of drug-likeness (QED) is 0.543. The number of ether oxygens (including phenoxy) is 1. The summed E-state index contributed by atoms with van der Waals surface area (Å²) in [4.78, 5) is 14.4. The monoisotopic (exact) mass is 501 g/mol. The summed E-state index contributed by atoms with van der Waals surface area (Å²) in [5.41, 5.74) is 2.96. The van der Waals surface area contributed by atoms with E-state index < -0.39 is 10.1 Å². The van der Waals surface area contributed by atoms with Crippen molar-refractivity contribution >= 4 is 16.0 Å². The number of hydrogen-bond acceptors (Lipinski definition) is 7. The number of nitrogens with zero attached hydrogens (tertiary/aromatic N) is 2. The highest BCUT2D eigenvalue weighted by molar-refractivity contribution is 7.85. The van der Waals surface area contributed by atoms with E-state index in [-0.39, 0.29) is 34.6 Å². The fourth-order valence-corrected chi connectivity index (χ4v) is 5.14. The maximum absolute atomic E-state index is 12.7. The summed E-state index contributed by atoms with van der Waals surface area (Å²) in [5.74, 6) is 1.01. The van der Waals surface area contributed by atoms with Crippen LogP contribution < -0.4 is 10.1 Å². The van der Waals surface area contributed by atoms with Crippen LogP contribution in [0.2, 0.25) is 0 Å². The molecule has 0 saturated carbocycles. The molecular weight excluding hydrogens is 470 g/mol. The fraction of sp³-hybridized carbons (Fsp3) is 0.440. The van der Waals surface area contributed by atoms with Crippen LogP contribution in [0, 0.1) is 25.2 Å². The first-order chi connectivity index (χ1) is 16.5. The number of likely N-dealkylation sites (tertiary alicyclic amines) is 1. The third kappa shape index (κ3) is 6.31. The van der Waals surface area contributed by atoms with Crippen molar-refractivity contribution in [1.82, 2.24) is 10.2 Å². The third-order valence-corrected chi connectivity index (χ3v) is 7.26. The number of nitrogens with one attached hydrogen (secondary N) is 1. The van der Waals surface area contributed by atoms with Gasteiger partial charge in [-0.1, -0.05) is 17.7 Å². The van der Waals surface area contributed by atoms with Crippen LogP contribution in [0.4, 0.5) is 0 Å². The number of hydrogen-bond donors (Lipinski definition) is 3. The van der Waals surface area contributed by atoms with Crippen molar-refractivity contribution in [3.05, 3.63) is 53.1 Å². The Balaban J connectivity index is 0.000000261. The Morgan fingerprint density at radius 2 is 1.91 bits per heavy atom. The normalized spacial score (nSPS) is 21.7. The van der Waals surface area contributed by atoms with Crippen LogP contribution in [0.3, 0.4) is 0 Å². The van der Waals surface area contributed by atoms with E-state index in [9.17, 15) is 23.6 Å². The molecule has 2 heterocycles. The zero-order valence-electron chi connectivity index (χ0n) is 20.1. The van der Waals surface area contributed by atoms with Crippen LogP contribution in [0.1, 0.15) is 41.9 Å². The van der Waals surface area contributed by atoms with Crippen molar-refractivity contribution in [2.45, 2.75) is 56.0 Å². The molecule has 2 saturated heterocycles. The molecule has 0 bridgehead atoms. The summed E-state index contributed by atoms with van der Waals surface area (Å²) in [5, 5.41) is 22.2. The Hall–Kier alpha value is -3.13. The van der Waals surface area contributed by atoms with Gasteiger partial charge in [0, 0.05) is 30.6 Å². The molecule has 0 aromatic heterocycles. The maximum atomic E-state index is 12.7. The van der Waals surface area contributed by atoms with E-state index in [1.165, 1.54) is 12.1 Å². The largest absolute Gasteiger partial charge is 0.508 e. The number of aryl methyl sites for hydroxylation is 2. The minimum Gasteiger partial charge on any atom is -0.508 e. The Kier molecular flexibility index (Phi) is 8.38.